The van der Waals surface area contributed by atoms with Crippen LogP contribution in [0.3, 0.4) is 0 Å². The minimum atomic E-state index is -2.47. The normalized spacial score (nSPS) is 20.2. The Morgan fingerprint density at radius 3 is 1.36 bits per heavy atom. The zero-order chi connectivity index (χ0) is 26.1. The summed E-state index contributed by atoms with van der Waals surface area (Å²) in [6.07, 6.45) is 5.74. The maximum atomic E-state index is 3.67. The molecule has 1 nitrogen and oxygen atoms in total. The van der Waals surface area contributed by atoms with Gasteiger partial charge in [0.15, 0.2) is 8.07 Å². The van der Waals surface area contributed by atoms with Crippen molar-refractivity contribution in [3.05, 3.63) is 145 Å². The second-order valence-electron chi connectivity index (χ2n) is 11.5. The average Bonchev–Trinajstić information content (AvgIpc) is 3.65. The third-order valence-electron chi connectivity index (χ3n) is 9.30. The zero-order valence-electron chi connectivity index (χ0n) is 22.3. The molecule has 2 heteroatoms. The second kappa shape index (κ2) is 10.4. The van der Waals surface area contributed by atoms with Crippen molar-refractivity contribution < 1.29 is 0 Å². The highest BCUT2D eigenvalue weighted by atomic mass is 28.3. The van der Waals surface area contributed by atoms with Crippen molar-refractivity contribution in [2.24, 2.45) is 11.8 Å². The van der Waals surface area contributed by atoms with Crippen LogP contribution in [0.4, 0.5) is 11.4 Å². The van der Waals surface area contributed by atoms with Gasteiger partial charge in [0, 0.05) is 11.4 Å². The fraction of sp³-hybridized carbons (Fsp3) is 0.189. The molecule has 2 fully saturated rings. The molecule has 0 radical (unpaired) electrons. The van der Waals surface area contributed by atoms with E-state index >= 15 is 0 Å². The van der Waals surface area contributed by atoms with Gasteiger partial charge in [-0.25, -0.2) is 0 Å². The smallest absolute Gasteiger partial charge is 0.179 e. The number of hydrogen-bond acceptors (Lipinski definition) is 1. The Kier molecular flexibility index (Phi) is 6.42. The van der Waals surface area contributed by atoms with Crippen molar-refractivity contribution in [3.63, 3.8) is 0 Å². The third kappa shape index (κ3) is 4.43. The first-order valence-corrected chi connectivity index (χ1v) is 16.4. The second-order valence-corrected chi connectivity index (χ2v) is 15.3. The Bertz CT molecular complexity index is 1420. The van der Waals surface area contributed by atoms with Crippen LogP contribution in [0.5, 0.6) is 0 Å². The molecule has 2 bridgehead atoms. The number of rotatable bonds is 7. The first-order chi connectivity index (χ1) is 19.3. The molecule has 39 heavy (non-hydrogen) atoms. The topological polar surface area (TPSA) is 12.0 Å². The Balaban J connectivity index is 1.23. The molecule has 3 unspecified atom stereocenters. The Labute approximate surface area is 233 Å². The predicted octanol–water partition coefficient (Wildman–Crippen LogP) is 6.71. The number of anilines is 2. The van der Waals surface area contributed by atoms with Crippen molar-refractivity contribution in [1.29, 1.82) is 0 Å². The van der Waals surface area contributed by atoms with E-state index in [0.717, 1.165) is 29.1 Å². The van der Waals surface area contributed by atoms with Gasteiger partial charge in [0.25, 0.3) is 0 Å². The lowest BCUT2D eigenvalue weighted by atomic mass is 9.83. The van der Waals surface area contributed by atoms with Gasteiger partial charge in [-0.05, 0) is 87.6 Å². The van der Waals surface area contributed by atoms with Gasteiger partial charge in [-0.3, -0.25) is 0 Å². The Morgan fingerprint density at radius 1 is 0.462 bits per heavy atom. The Morgan fingerprint density at radius 2 is 0.923 bits per heavy atom. The van der Waals surface area contributed by atoms with E-state index in [9.17, 15) is 0 Å². The monoisotopic (exact) mass is 521 g/mol. The Hall–Kier alpha value is -3.88. The maximum Gasteiger partial charge on any atom is 0.179 e. The van der Waals surface area contributed by atoms with E-state index in [0.29, 0.717) is 0 Å². The van der Waals surface area contributed by atoms with Crippen molar-refractivity contribution in [2.75, 3.05) is 5.32 Å². The molecule has 0 heterocycles. The van der Waals surface area contributed by atoms with Gasteiger partial charge in [-0.15, -0.1) is 0 Å². The maximum absolute atomic E-state index is 3.67. The number of fused-ring (bicyclic) bond motifs is 2. The van der Waals surface area contributed by atoms with Crippen molar-refractivity contribution in [1.82, 2.24) is 0 Å². The average molecular weight is 522 g/mol. The molecular formula is C37H35NSi. The molecule has 3 atom stereocenters. The molecule has 2 saturated carbocycles. The van der Waals surface area contributed by atoms with Crippen LogP contribution in [-0.4, -0.2) is 8.07 Å². The highest BCUT2D eigenvalue weighted by Crippen LogP contribution is 2.52. The SMILES string of the molecule is c1ccc([Si](c2ccccc2)(c2ccccc2)c2ccc(Nc3ccc(C4CC5CCC4C5)cc3)cc2)cc1. The molecule has 0 spiro atoms. The molecule has 0 saturated heterocycles. The summed E-state index contributed by atoms with van der Waals surface area (Å²) in [6.45, 7) is 0. The highest BCUT2D eigenvalue weighted by molar-refractivity contribution is 7.19. The van der Waals surface area contributed by atoms with E-state index in [1.54, 1.807) is 0 Å². The van der Waals surface area contributed by atoms with E-state index in [2.05, 4.69) is 145 Å². The first kappa shape index (κ1) is 24.2. The lowest BCUT2D eigenvalue weighted by molar-refractivity contribution is 0.420. The lowest BCUT2D eigenvalue weighted by Gasteiger charge is -2.34. The van der Waals surface area contributed by atoms with Gasteiger partial charge < -0.3 is 5.32 Å². The predicted molar refractivity (Wildman–Crippen MR) is 168 cm³/mol. The van der Waals surface area contributed by atoms with E-state index in [-0.39, 0.29) is 0 Å². The minimum Gasteiger partial charge on any atom is -0.356 e. The molecule has 5 aromatic rings. The lowest BCUT2D eigenvalue weighted by Crippen LogP contribution is -2.74. The van der Waals surface area contributed by atoms with Crippen LogP contribution in [0.1, 0.15) is 37.2 Å². The van der Waals surface area contributed by atoms with Crippen molar-refractivity contribution in [3.8, 4) is 0 Å². The summed E-state index contributed by atoms with van der Waals surface area (Å²) < 4.78 is 0. The van der Waals surface area contributed by atoms with Crippen LogP contribution in [0.2, 0.25) is 0 Å². The van der Waals surface area contributed by atoms with E-state index in [1.807, 2.05) is 0 Å². The molecule has 7 rings (SSSR count). The van der Waals surface area contributed by atoms with Crippen LogP contribution in [-0.2, 0) is 0 Å². The molecule has 0 aromatic heterocycles. The highest BCUT2D eigenvalue weighted by Gasteiger charge is 2.41. The molecule has 192 valence electrons. The van der Waals surface area contributed by atoms with E-state index < -0.39 is 8.07 Å². The van der Waals surface area contributed by atoms with Gasteiger partial charge in [-0.1, -0.05) is 122 Å². The van der Waals surface area contributed by atoms with E-state index in [4.69, 9.17) is 0 Å². The minimum absolute atomic E-state index is 0.782. The zero-order valence-corrected chi connectivity index (χ0v) is 23.3. The fourth-order valence-electron chi connectivity index (χ4n) is 7.50. The molecule has 2 aliphatic rings. The third-order valence-corrected chi connectivity index (χ3v) is 14.1. The molecule has 0 amide bonds. The van der Waals surface area contributed by atoms with Crippen LogP contribution in [0.15, 0.2) is 140 Å². The van der Waals surface area contributed by atoms with Gasteiger partial charge in [0.05, 0.1) is 0 Å². The summed E-state index contributed by atoms with van der Waals surface area (Å²) in [5.41, 5.74) is 3.82. The molecule has 5 aromatic carbocycles. The summed E-state index contributed by atoms with van der Waals surface area (Å²) in [6, 6.07) is 51.8. The number of nitrogens with one attached hydrogen (secondary N) is 1. The van der Waals surface area contributed by atoms with E-state index in [1.165, 1.54) is 52.0 Å². The number of hydrogen-bond donors (Lipinski definition) is 1. The quantitative estimate of drug-likeness (QED) is 0.185. The number of benzene rings is 5. The summed E-state index contributed by atoms with van der Waals surface area (Å²) in [7, 11) is -2.47. The molecule has 1 N–H and O–H groups in total. The molecule has 0 aliphatic heterocycles. The van der Waals surface area contributed by atoms with Crippen LogP contribution >= 0.6 is 0 Å². The van der Waals surface area contributed by atoms with Crippen LogP contribution in [0, 0.1) is 11.8 Å². The summed E-state index contributed by atoms with van der Waals surface area (Å²) in [4.78, 5) is 0. The molecular weight excluding hydrogens is 487 g/mol. The van der Waals surface area contributed by atoms with Crippen molar-refractivity contribution >= 4 is 40.2 Å². The van der Waals surface area contributed by atoms with Crippen LogP contribution in [0.25, 0.3) is 0 Å². The first-order valence-electron chi connectivity index (χ1n) is 14.4. The van der Waals surface area contributed by atoms with Gasteiger partial charge in [0.2, 0.25) is 0 Å². The summed E-state index contributed by atoms with van der Waals surface area (Å²) >= 11 is 0. The summed E-state index contributed by atoms with van der Waals surface area (Å²) in [5, 5.41) is 9.27. The van der Waals surface area contributed by atoms with Gasteiger partial charge >= 0.3 is 0 Å². The van der Waals surface area contributed by atoms with Gasteiger partial charge in [-0.2, -0.15) is 0 Å². The molecule has 2 aliphatic carbocycles. The van der Waals surface area contributed by atoms with Gasteiger partial charge in [0.1, 0.15) is 0 Å². The van der Waals surface area contributed by atoms with Crippen molar-refractivity contribution in [2.45, 2.75) is 31.6 Å². The fourth-order valence-corrected chi connectivity index (χ4v) is 12.2. The summed E-state index contributed by atoms with van der Waals surface area (Å²) in [5.74, 6) is 2.68. The van der Waals surface area contributed by atoms with Crippen LogP contribution < -0.4 is 26.1 Å². The largest absolute Gasteiger partial charge is 0.356 e. The standard InChI is InChI=1S/C37H35NSi/c1-4-10-33(11-5-1)39(34-12-6-2-7-13-34,35-14-8-3-9-15-35)36-24-22-32(23-25-36)38-31-20-18-29(19-21-31)37-27-28-16-17-30(37)26-28/h1-15,18-25,28,30,37-38H,16-17,26-27H2.